The third-order valence-corrected chi connectivity index (χ3v) is 14.3. The molecule has 73 heavy (non-hydrogen) atoms. The third-order valence-electron chi connectivity index (χ3n) is 14.3. The predicted octanol–water partition coefficient (Wildman–Crippen LogP) is -20.7. The van der Waals surface area contributed by atoms with E-state index in [4.69, 9.17) is 212 Å². The van der Waals surface area contributed by atoms with Gasteiger partial charge in [0.1, 0.15) is 212 Å². The van der Waals surface area contributed by atoms with E-state index in [9.17, 15) is 0 Å². The summed E-state index contributed by atoms with van der Waals surface area (Å²) in [5, 5.41) is 0.879. The zero-order chi connectivity index (χ0) is 53.7. The lowest BCUT2D eigenvalue weighted by Crippen LogP contribution is -2.56. The lowest BCUT2D eigenvalue weighted by molar-refractivity contribution is 1.22. The molecule has 0 bridgehead atoms. The van der Waals surface area contributed by atoms with Crippen LogP contribution in [0.4, 0.5) is 0 Å². The number of aromatic nitrogens is 2. The lowest BCUT2D eigenvalue weighted by atomic mass is 9.60. The van der Waals surface area contributed by atoms with Crippen LogP contribution in [-0.2, 0) is 0 Å². The molecule has 2 aromatic heterocycles. The van der Waals surface area contributed by atoms with Crippen molar-refractivity contribution < 1.29 is 0 Å². The minimum Gasteiger partial charge on any atom is -0.312 e. The van der Waals surface area contributed by atoms with E-state index in [0.717, 1.165) is 0 Å². The first-order chi connectivity index (χ1) is 34.1. The summed E-state index contributed by atoms with van der Waals surface area (Å²) in [6, 6.07) is 1.38. The quantitative estimate of drug-likeness (QED) is 0.157. The van der Waals surface area contributed by atoms with Crippen molar-refractivity contribution in [2.45, 2.75) is 0 Å². The summed E-state index contributed by atoms with van der Waals surface area (Å²) >= 11 is 0. The standard InChI is InChI=1S/C44HB27N2/c45-2-1-3(46)15(48)43(14(2)47)72-39-6(4-8(22(55)33(39)66)20(53)28(61)26(59)18(4)51)12-16(49)10(24(57)35(68)41(12)72)11-17(50)13-7-5-9(21(54)29(62)27(60)19(5)52)23(56)34(67)40(7)73(42(13)36(69)25(11)58)44-37(70)31(64)30(63)32(65)38(44)71/h1H. The average molecular weight is 849 g/mol. The molecule has 268 valence electrons. The first kappa shape index (κ1) is 52.1. The number of hydrogen-bond donors (Lipinski definition) is 0. The van der Waals surface area contributed by atoms with Gasteiger partial charge in [-0.2, -0.15) is 0 Å². The highest BCUT2D eigenvalue weighted by molar-refractivity contribution is 6.76. The fourth-order valence-electron chi connectivity index (χ4n) is 10.5. The second-order valence-corrected chi connectivity index (χ2v) is 17.9. The third kappa shape index (κ3) is 6.50. The van der Waals surface area contributed by atoms with Gasteiger partial charge in [0.05, 0.1) is 0 Å². The zero-order valence-corrected chi connectivity index (χ0v) is 38.6. The van der Waals surface area contributed by atoms with E-state index < -0.39 is 0 Å². The average Bonchev–Trinajstić information content (AvgIpc) is 3.88. The van der Waals surface area contributed by atoms with E-state index in [1.165, 1.54) is 15.2 Å². The predicted molar refractivity (Wildman–Crippen MR) is 341 cm³/mol. The Labute approximate surface area is 459 Å². The van der Waals surface area contributed by atoms with Gasteiger partial charge in [-0.1, -0.05) is 104 Å². The van der Waals surface area contributed by atoms with E-state index in [1.54, 1.807) is 0 Å². The van der Waals surface area contributed by atoms with Crippen molar-refractivity contribution in [3.63, 3.8) is 0 Å². The van der Waals surface area contributed by atoms with Crippen LogP contribution in [0.15, 0.2) is 6.07 Å². The number of rotatable bonds is 3. The molecule has 2 heterocycles. The van der Waals surface area contributed by atoms with Gasteiger partial charge in [-0.15, -0.1) is 49.2 Å². The SMILES string of the molecule is [B]c1cc([B])c([B])c(-n2c3c([B])c([B])c(-c4c([B])c([B])c5c(c4[B])c4c6c([B])c([B])c([B])c([B])c6c([B])c([B])c4n5-c4c([B])c([B])c([B])c([B])c4[B])c([B])c3c3c4c([B])c([B])c([B])c([B])c4c([B])c([B])c32)c1[B]. The van der Waals surface area contributed by atoms with Crippen LogP contribution in [-0.4, -0.2) is 221 Å². The minimum absolute atomic E-state index is 0.0108. The van der Waals surface area contributed by atoms with Crippen molar-refractivity contribution in [2.75, 3.05) is 0 Å². The molecule has 0 saturated carbocycles. The molecule has 10 aromatic rings. The van der Waals surface area contributed by atoms with Crippen LogP contribution < -0.4 is 147 Å². The number of hydrogen-bond acceptors (Lipinski definition) is 0. The molecule has 10 rings (SSSR count). The maximum absolute atomic E-state index is 7.50. The highest BCUT2D eigenvalue weighted by Crippen LogP contribution is 2.36. The molecule has 0 N–H and O–H groups in total. The fraction of sp³-hybridized carbons (Fsp3) is 0. The van der Waals surface area contributed by atoms with Crippen LogP contribution >= 0.6 is 0 Å². The lowest BCUT2D eigenvalue weighted by Gasteiger charge is -2.27. The van der Waals surface area contributed by atoms with Crippen LogP contribution in [0.3, 0.4) is 0 Å². The molecule has 0 aliphatic carbocycles. The molecule has 29 heteroatoms. The Hall–Kier alpha value is -4.37. The summed E-state index contributed by atoms with van der Waals surface area (Å²) in [4.78, 5) is 0. The second-order valence-electron chi connectivity index (χ2n) is 17.9. The Morgan fingerprint density at radius 1 is 0.178 bits per heavy atom. The smallest absolute Gasteiger partial charge is 0.115 e. The van der Waals surface area contributed by atoms with Crippen LogP contribution in [0.1, 0.15) is 0 Å². The van der Waals surface area contributed by atoms with Gasteiger partial charge in [-0.25, -0.2) is 0 Å². The molecule has 8 aromatic carbocycles. The highest BCUT2D eigenvalue weighted by Gasteiger charge is 2.31. The molecule has 0 fully saturated rings. The summed E-state index contributed by atoms with van der Waals surface area (Å²) in [6.07, 6.45) is 0. The van der Waals surface area contributed by atoms with Crippen molar-refractivity contribution in [1.82, 2.24) is 9.13 Å². The van der Waals surface area contributed by atoms with Crippen LogP contribution in [0, 0.1) is 0 Å². The van der Waals surface area contributed by atoms with Gasteiger partial charge < -0.3 is 9.13 Å². The van der Waals surface area contributed by atoms with Gasteiger partial charge in [0.15, 0.2) is 0 Å². The van der Waals surface area contributed by atoms with Crippen molar-refractivity contribution in [1.29, 1.82) is 0 Å². The Bertz CT molecular complexity index is 4290. The molecule has 0 unspecified atom stereocenters. The van der Waals surface area contributed by atoms with Gasteiger partial charge in [-0.3, -0.25) is 0 Å². The molecule has 0 atom stereocenters. The highest BCUT2D eigenvalue weighted by atomic mass is 15.0. The van der Waals surface area contributed by atoms with E-state index in [1.807, 2.05) is 0 Å². The number of fused-ring (bicyclic) bond motifs is 10. The van der Waals surface area contributed by atoms with Crippen LogP contribution in [0.2, 0.25) is 0 Å². The van der Waals surface area contributed by atoms with Crippen molar-refractivity contribution in [3.8, 4) is 22.5 Å². The Morgan fingerprint density at radius 3 is 0.740 bits per heavy atom. The molecule has 54 radical (unpaired) electrons. The number of nitrogens with zero attached hydrogens (tertiary/aromatic N) is 2. The summed E-state index contributed by atoms with van der Waals surface area (Å²) in [5.74, 6) is 0. The molecule has 0 spiro atoms. The van der Waals surface area contributed by atoms with Gasteiger partial charge >= 0.3 is 0 Å². The van der Waals surface area contributed by atoms with Crippen molar-refractivity contribution in [3.05, 3.63) is 6.07 Å². The Balaban J connectivity index is 1.53. The minimum atomic E-state index is -0.234. The molecule has 0 amide bonds. The molecule has 0 saturated heterocycles. The maximum Gasteiger partial charge on any atom is 0.115 e. The summed E-state index contributed by atoms with van der Waals surface area (Å²) in [5.41, 5.74) is -3.08. The molecular weight excluding hydrogens is 848 g/mol. The molecule has 0 aliphatic rings. The zero-order valence-electron chi connectivity index (χ0n) is 38.6. The monoisotopic (exact) mass is 854 g/mol. The topological polar surface area (TPSA) is 9.86 Å². The number of benzene rings is 8. The molecule has 0 aliphatic heterocycles. The fourth-order valence-corrected chi connectivity index (χ4v) is 10.5. The van der Waals surface area contributed by atoms with Crippen molar-refractivity contribution in [2.24, 2.45) is 0 Å². The van der Waals surface area contributed by atoms with E-state index in [2.05, 4.69) is 0 Å². The summed E-state index contributed by atoms with van der Waals surface area (Å²) in [6.45, 7) is 0. The second kappa shape index (κ2) is 17.3. The molecule has 2 nitrogen and oxygen atoms in total. The summed E-state index contributed by atoms with van der Waals surface area (Å²) in [7, 11) is 184. The Morgan fingerprint density at radius 2 is 0.411 bits per heavy atom. The largest absolute Gasteiger partial charge is 0.312 e. The van der Waals surface area contributed by atoms with Gasteiger partial charge in [0.2, 0.25) is 0 Å². The van der Waals surface area contributed by atoms with Crippen LogP contribution in [0.25, 0.3) is 87.7 Å². The van der Waals surface area contributed by atoms with E-state index in [0.29, 0.717) is 0 Å². The molecular formula is C44HB27N2. The van der Waals surface area contributed by atoms with Crippen LogP contribution in [0.5, 0.6) is 0 Å². The van der Waals surface area contributed by atoms with E-state index in [-0.39, 0.29) is 235 Å². The van der Waals surface area contributed by atoms with Gasteiger partial charge in [0, 0.05) is 55.0 Å². The van der Waals surface area contributed by atoms with E-state index >= 15 is 0 Å². The first-order valence-corrected chi connectivity index (χ1v) is 21.5. The van der Waals surface area contributed by atoms with Gasteiger partial charge in [-0.05, 0) is 32.7 Å². The summed E-state index contributed by atoms with van der Waals surface area (Å²) < 4.78 is 2.88. The maximum atomic E-state index is 7.50. The van der Waals surface area contributed by atoms with Gasteiger partial charge in [0.25, 0.3) is 0 Å². The first-order valence-electron chi connectivity index (χ1n) is 21.5. The Kier molecular flexibility index (Phi) is 12.4. The van der Waals surface area contributed by atoms with Crippen molar-refractivity contribution >= 4 is 425 Å². The normalized spacial score (nSPS) is 11.9.